The molecule has 170 valence electrons. The highest BCUT2D eigenvalue weighted by molar-refractivity contribution is 7.98. The van der Waals surface area contributed by atoms with Crippen LogP contribution in [0.2, 0.25) is 0 Å². The van der Waals surface area contributed by atoms with Gasteiger partial charge in [0.1, 0.15) is 16.5 Å². The molecule has 1 N–H and O–H groups in total. The highest BCUT2D eigenvalue weighted by atomic mass is 32.2. The Labute approximate surface area is 204 Å². The lowest BCUT2D eigenvalue weighted by Gasteiger charge is -2.10. The number of nitrogens with zero attached hydrogens (tertiary/aromatic N) is 5. The summed E-state index contributed by atoms with van der Waals surface area (Å²) >= 11 is 2.97. The van der Waals surface area contributed by atoms with E-state index in [0.29, 0.717) is 23.8 Å². The van der Waals surface area contributed by atoms with Crippen molar-refractivity contribution in [3.63, 3.8) is 0 Å². The first-order valence-corrected chi connectivity index (χ1v) is 12.3. The third-order valence-electron chi connectivity index (χ3n) is 4.98. The zero-order valence-corrected chi connectivity index (χ0v) is 19.8. The first-order chi connectivity index (χ1) is 16.7. The zero-order chi connectivity index (χ0) is 23.3. The Morgan fingerprint density at radius 1 is 1.12 bits per heavy atom. The third kappa shape index (κ3) is 4.92. The molecule has 0 spiro atoms. The molecule has 0 saturated carbocycles. The number of carbonyl (C=O) groups excluding carboxylic acids is 1. The molecule has 1 aromatic carbocycles. The van der Waals surface area contributed by atoms with Crippen molar-refractivity contribution < 1.29 is 9.21 Å². The van der Waals surface area contributed by atoms with E-state index in [1.807, 2.05) is 22.8 Å². The molecule has 4 heterocycles. The van der Waals surface area contributed by atoms with E-state index >= 15 is 0 Å². The summed E-state index contributed by atoms with van der Waals surface area (Å²) in [4.78, 5) is 21.0. The van der Waals surface area contributed by atoms with Gasteiger partial charge in [-0.1, -0.05) is 29.5 Å². The number of thioether (sulfide) groups is 1. The summed E-state index contributed by atoms with van der Waals surface area (Å²) in [5, 5.41) is 15.1. The second-order valence-electron chi connectivity index (χ2n) is 7.39. The molecule has 5 aromatic rings. The Morgan fingerprint density at radius 2 is 1.94 bits per heavy atom. The number of furan rings is 1. The van der Waals surface area contributed by atoms with Crippen LogP contribution in [0, 0.1) is 6.92 Å². The van der Waals surface area contributed by atoms with Crippen molar-refractivity contribution >= 4 is 29.0 Å². The Kier molecular flexibility index (Phi) is 6.50. The molecule has 34 heavy (non-hydrogen) atoms. The van der Waals surface area contributed by atoms with Crippen molar-refractivity contribution in [3.8, 4) is 17.1 Å². The molecular weight excluding hydrogens is 468 g/mol. The van der Waals surface area contributed by atoms with Gasteiger partial charge < -0.3 is 9.73 Å². The van der Waals surface area contributed by atoms with Gasteiger partial charge in [0.25, 0.3) is 5.91 Å². The number of hydrogen-bond donors (Lipinski definition) is 1. The van der Waals surface area contributed by atoms with E-state index in [2.05, 4.69) is 56.7 Å². The maximum Gasteiger partial charge on any atom is 0.271 e. The monoisotopic (exact) mass is 488 g/mol. The molecule has 5 rings (SSSR count). The summed E-state index contributed by atoms with van der Waals surface area (Å²) in [5.41, 5.74) is 3.48. The average Bonchev–Trinajstić information content (AvgIpc) is 3.63. The summed E-state index contributed by atoms with van der Waals surface area (Å²) in [6.07, 6.45) is 5.06. The quantitative estimate of drug-likeness (QED) is 0.310. The Hall–Kier alpha value is -3.76. The summed E-state index contributed by atoms with van der Waals surface area (Å²) in [7, 11) is 0. The number of amides is 1. The fourth-order valence-corrected chi connectivity index (χ4v) is 5.00. The molecule has 0 aliphatic rings. The number of benzene rings is 1. The van der Waals surface area contributed by atoms with Gasteiger partial charge in [-0.2, -0.15) is 0 Å². The number of hydrogen-bond acceptors (Lipinski definition) is 8. The van der Waals surface area contributed by atoms with Crippen LogP contribution in [0.1, 0.15) is 26.8 Å². The molecule has 0 radical (unpaired) electrons. The van der Waals surface area contributed by atoms with Gasteiger partial charge in [0, 0.05) is 29.0 Å². The van der Waals surface area contributed by atoms with Gasteiger partial charge in [0.2, 0.25) is 0 Å². The molecule has 0 bridgehead atoms. The molecule has 8 nitrogen and oxygen atoms in total. The minimum absolute atomic E-state index is 0.230. The number of carbonyl (C=O) groups is 1. The van der Waals surface area contributed by atoms with E-state index in [9.17, 15) is 4.79 Å². The topological polar surface area (TPSA) is 98.7 Å². The lowest BCUT2D eigenvalue weighted by molar-refractivity contribution is 0.0943. The largest absolute Gasteiger partial charge is 0.467 e. The summed E-state index contributed by atoms with van der Waals surface area (Å²) in [5.74, 6) is 1.77. The Balaban J connectivity index is 1.33. The predicted molar refractivity (Wildman–Crippen MR) is 131 cm³/mol. The summed E-state index contributed by atoms with van der Waals surface area (Å²) in [6.45, 7) is 2.38. The van der Waals surface area contributed by atoms with Crippen molar-refractivity contribution in [1.82, 2.24) is 30.0 Å². The number of aromatic nitrogens is 5. The molecule has 10 heteroatoms. The second-order valence-corrected chi connectivity index (χ2v) is 9.28. The fraction of sp³-hybridized carbons (Fsp3) is 0.125. The SMILES string of the molecule is Cc1ccc(-n2c(SCc3nc(C(=O)NCc4ccco4)cs3)nnc2-c2ccncc2)cc1. The van der Waals surface area contributed by atoms with Crippen LogP contribution in [0.4, 0.5) is 0 Å². The lowest BCUT2D eigenvalue weighted by atomic mass is 10.2. The first-order valence-electron chi connectivity index (χ1n) is 10.5. The minimum atomic E-state index is -0.230. The Bertz CT molecular complexity index is 1380. The van der Waals surface area contributed by atoms with E-state index < -0.39 is 0 Å². The van der Waals surface area contributed by atoms with Crippen molar-refractivity contribution in [2.75, 3.05) is 0 Å². The van der Waals surface area contributed by atoms with Gasteiger partial charge in [0.05, 0.1) is 18.6 Å². The van der Waals surface area contributed by atoms with Gasteiger partial charge in [-0.15, -0.1) is 21.5 Å². The number of nitrogens with one attached hydrogen (secondary N) is 1. The molecule has 0 aliphatic carbocycles. The van der Waals surface area contributed by atoms with Crippen LogP contribution >= 0.6 is 23.1 Å². The average molecular weight is 489 g/mol. The third-order valence-corrected chi connectivity index (χ3v) is 6.95. The van der Waals surface area contributed by atoms with Gasteiger partial charge in [-0.05, 0) is 43.3 Å². The number of thiazole rings is 1. The highest BCUT2D eigenvalue weighted by Gasteiger charge is 2.18. The number of pyridine rings is 1. The smallest absolute Gasteiger partial charge is 0.271 e. The van der Waals surface area contributed by atoms with Gasteiger partial charge >= 0.3 is 0 Å². The van der Waals surface area contributed by atoms with Gasteiger partial charge in [0.15, 0.2) is 11.0 Å². The molecule has 0 fully saturated rings. The van der Waals surface area contributed by atoms with Crippen LogP contribution < -0.4 is 5.32 Å². The van der Waals surface area contributed by atoms with Crippen LogP contribution in [-0.2, 0) is 12.3 Å². The first kappa shape index (κ1) is 22.1. The standard InChI is InChI=1S/C24H20N6O2S2/c1-16-4-6-18(7-5-16)30-22(17-8-10-25-11-9-17)28-29-24(30)34-15-21-27-20(14-33-21)23(31)26-13-19-3-2-12-32-19/h2-12,14H,13,15H2,1H3,(H,26,31). The van der Waals surface area contributed by atoms with E-state index in [4.69, 9.17) is 4.42 Å². The van der Waals surface area contributed by atoms with Crippen molar-refractivity contribution in [1.29, 1.82) is 0 Å². The summed E-state index contributed by atoms with van der Waals surface area (Å²) in [6, 6.07) is 15.7. The molecule has 0 atom stereocenters. The van der Waals surface area contributed by atoms with E-state index in [0.717, 1.165) is 27.2 Å². The summed E-state index contributed by atoms with van der Waals surface area (Å²) < 4.78 is 7.28. The molecule has 0 saturated heterocycles. The molecular formula is C24H20N6O2S2. The van der Waals surface area contributed by atoms with E-state index in [-0.39, 0.29) is 5.91 Å². The van der Waals surface area contributed by atoms with Crippen LogP contribution in [0.15, 0.2) is 82.1 Å². The molecule has 4 aromatic heterocycles. The second kappa shape index (κ2) is 10.0. The van der Waals surface area contributed by atoms with Gasteiger partial charge in [-0.3, -0.25) is 14.3 Å². The molecule has 1 amide bonds. The maximum atomic E-state index is 12.4. The number of rotatable bonds is 8. The van der Waals surface area contributed by atoms with E-state index in [1.165, 1.54) is 28.7 Å². The Morgan fingerprint density at radius 3 is 2.71 bits per heavy atom. The van der Waals surface area contributed by atoms with Gasteiger partial charge in [-0.25, -0.2) is 4.98 Å². The van der Waals surface area contributed by atoms with Crippen LogP contribution in [0.3, 0.4) is 0 Å². The van der Waals surface area contributed by atoms with Crippen LogP contribution in [0.25, 0.3) is 17.1 Å². The van der Waals surface area contributed by atoms with Crippen molar-refractivity contribution in [2.45, 2.75) is 24.4 Å². The van der Waals surface area contributed by atoms with Crippen molar-refractivity contribution in [2.24, 2.45) is 0 Å². The van der Waals surface area contributed by atoms with Crippen LogP contribution in [0.5, 0.6) is 0 Å². The van der Waals surface area contributed by atoms with Crippen molar-refractivity contribution in [3.05, 3.63) is 94.6 Å². The normalized spacial score (nSPS) is 11.0. The molecule has 0 aliphatic heterocycles. The van der Waals surface area contributed by atoms with Crippen LogP contribution in [-0.4, -0.2) is 30.6 Å². The molecule has 0 unspecified atom stereocenters. The minimum Gasteiger partial charge on any atom is -0.467 e. The highest BCUT2D eigenvalue weighted by Crippen LogP contribution is 2.30. The lowest BCUT2D eigenvalue weighted by Crippen LogP contribution is -2.22. The fourth-order valence-electron chi connectivity index (χ4n) is 3.26. The maximum absolute atomic E-state index is 12.4. The van der Waals surface area contributed by atoms with E-state index in [1.54, 1.807) is 30.1 Å². The predicted octanol–water partition coefficient (Wildman–Crippen LogP) is 4.91. The number of aryl methyl sites for hydroxylation is 1. The zero-order valence-electron chi connectivity index (χ0n) is 18.2.